The third kappa shape index (κ3) is 4.72. The van der Waals surface area contributed by atoms with Crippen molar-refractivity contribution in [1.29, 1.82) is 0 Å². The van der Waals surface area contributed by atoms with Gasteiger partial charge in [-0.1, -0.05) is 78.1 Å². The van der Waals surface area contributed by atoms with Crippen LogP contribution in [-0.4, -0.2) is 16.1 Å². The van der Waals surface area contributed by atoms with E-state index in [-0.39, 0.29) is 5.91 Å². The zero-order chi connectivity index (χ0) is 16.6. The summed E-state index contributed by atoms with van der Waals surface area (Å²) in [5, 5.41) is 12.0. The maximum Gasteiger partial charge on any atom is 0.250 e. The van der Waals surface area contributed by atoms with Crippen LogP contribution in [0.2, 0.25) is 0 Å². The number of hydrogen-bond acceptors (Lipinski definition) is 4. The maximum absolute atomic E-state index is 11.9. The van der Waals surface area contributed by atoms with Gasteiger partial charge in [0.2, 0.25) is 11.0 Å². The van der Waals surface area contributed by atoms with Crippen molar-refractivity contribution < 1.29 is 4.79 Å². The number of benzene rings is 2. The first-order chi connectivity index (χ1) is 11.8. The molecule has 0 aliphatic heterocycles. The van der Waals surface area contributed by atoms with Gasteiger partial charge in [0.15, 0.2) is 0 Å². The van der Waals surface area contributed by atoms with Gasteiger partial charge in [0.25, 0.3) is 0 Å². The molecule has 1 N–H and O–H groups in total. The van der Waals surface area contributed by atoms with E-state index in [1.54, 1.807) is 6.08 Å². The molecule has 3 rings (SSSR count). The largest absolute Gasteiger partial charge is 0.297 e. The molecule has 5 heteroatoms. The van der Waals surface area contributed by atoms with Crippen molar-refractivity contribution in [2.75, 3.05) is 5.32 Å². The molecule has 0 aliphatic rings. The lowest BCUT2D eigenvalue weighted by atomic mass is 10.2. The minimum Gasteiger partial charge on any atom is -0.297 e. The molecule has 1 heterocycles. The minimum absolute atomic E-state index is 0.228. The molecule has 118 valence electrons. The number of carbonyl (C=O) groups excluding carboxylic acids is 1. The maximum atomic E-state index is 11.9. The summed E-state index contributed by atoms with van der Waals surface area (Å²) < 4.78 is 0. The second-order valence-corrected chi connectivity index (χ2v) is 5.93. The number of rotatable bonds is 5. The van der Waals surface area contributed by atoms with Crippen molar-refractivity contribution in [2.45, 2.75) is 0 Å². The number of nitrogens with one attached hydrogen (secondary N) is 1. The third-order valence-corrected chi connectivity index (χ3v) is 3.92. The number of carbonyl (C=O) groups is 1. The van der Waals surface area contributed by atoms with Gasteiger partial charge in [-0.15, -0.1) is 10.2 Å². The van der Waals surface area contributed by atoms with Crippen LogP contribution in [0.25, 0.3) is 18.2 Å². The van der Waals surface area contributed by atoms with Crippen LogP contribution in [0.4, 0.5) is 5.13 Å². The number of anilines is 1. The number of aromatic nitrogens is 2. The summed E-state index contributed by atoms with van der Waals surface area (Å²) in [6, 6.07) is 19.6. The second-order valence-electron chi connectivity index (χ2n) is 4.92. The van der Waals surface area contributed by atoms with Crippen LogP contribution < -0.4 is 5.32 Å². The summed E-state index contributed by atoms with van der Waals surface area (Å²) in [4.78, 5) is 11.9. The SMILES string of the molecule is O=C(C=Cc1ccccc1)Nc1nnc(C=Cc2ccccc2)s1. The Balaban J connectivity index is 1.58. The first kappa shape index (κ1) is 15.8. The van der Waals surface area contributed by atoms with Gasteiger partial charge in [-0.05, 0) is 23.3 Å². The Bertz CT molecular complexity index is 855. The van der Waals surface area contributed by atoms with E-state index in [2.05, 4.69) is 15.5 Å². The molecular weight excluding hydrogens is 318 g/mol. The number of amides is 1. The van der Waals surface area contributed by atoms with Gasteiger partial charge in [0.05, 0.1) is 0 Å². The first-order valence-corrected chi connectivity index (χ1v) is 8.22. The fourth-order valence-electron chi connectivity index (χ4n) is 1.97. The standard InChI is InChI=1S/C19H15N3OS/c23-17(13-11-15-7-3-1-4-8-15)20-19-22-21-18(24-19)14-12-16-9-5-2-6-10-16/h1-14H,(H,20,22,23). The van der Waals surface area contributed by atoms with Crippen molar-refractivity contribution in [3.05, 3.63) is 82.9 Å². The Hall–Kier alpha value is -3.05. The Morgan fingerprint density at radius 3 is 2.12 bits per heavy atom. The number of nitrogens with zero attached hydrogens (tertiary/aromatic N) is 2. The highest BCUT2D eigenvalue weighted by atomic mass is 32.1. The Morgan fingerprint density at radius 2 is 1.46 bits per heavy atom. The highest BCUT2D eigenvalue weighted by Crippen LogP contribution is 2.17. The zero-order valence-electron chi connectivity index (χ0n) is 12.8. The quantitative estimate of drug-likeness (QED) is 0.706. The summed E-state index contributed by atoms with van der Waals surface area (Å²) in [6.45, 7) is 0. The lowest BCUT2D eigenvalue weighted by Gasteiger charge is -1.94. The summed E-state index contributed by atoms with van der Waals surface area (Å²) in [5.41, 5.74) is 2.06. The van der Waals surface area contributed by atoms with E-state index in [4.69, 9.17) is 0 Å². The highest BCUT2D eigenvalue weighted by molar-refractivity contribution is 7.16. The molecule has 0 atom stereocenters. The van der Waals surface area contributed by atoms with E-state index in [0.29, 0.717) is 5.13 Å². The van der Waals surface area contributed by atoms with E-state index in [1.807, 2.05) is 72.8 Å². The zero-order valence-corrected chi connectivity index (χ0v) is 13.6. The predicted octanol–water partition coefficient (Wildman–Crippen LogP) is 4.36. The molecule has 0 radical (unpaired) electrons. The molecule has 0 bridgehead atoms. The van der Waals surface area contributed by atoms with Crippen LogP contribution in [0.1, 0.15) is 16.1 Å². The van der Waals surface area contributed by atoms with Gasteiger partial charge in [-0.3, -0.25) is 10.1 Å². The van der Waals surface area contributed by atoms with Gasteiger partial charge in [-0.25, -0.2) is 0 Å². The smallest absolute Gasteiger partial charge is 0.250 e. The van der Waals surface area contributed by atoms with E-state index in [1.165, 1.54) is 17.4 Å². The monoisotopic (exact) mass is 333 g/mol. The van der Waals surface area contributed by atoms with Gasteiger partial charge >= 0.3 is 0 Å². The molecule has 1 aromatic heterocycles. The van der Waals surface area contributed by atoms with Crippen molar-refractivity contribution in [1.82, 2.24) is 10.2 Å². The summed E-state index contributed by atoms with van der Waals surface area (Å²) >= 11 is 1.33. The molecule has 4 nitrogen and oxygen atoms in total. The molecule has 2 aromatic carbocycles. The van der Waals surface area contributed by atoms with Crippen LogP contribution in [-0.2, 0) is 4.79 Å². The normalized spacial score (nSPS) is 11.2. The fourth-order valence-corrected chi connectivity index (χ4v) is 2.62. The van der Waals surface area contributed by atoms with Crippen LogP contribution in [0.3, 0.4) is 0 Å². The number of hydrogen-bond donors (Lipinski definition) is 1. The Kier molecular flexibility index (Phi) is 5.27. The van der Waals surface area contributed by atoms with Gasteiger partial charge in [0.1, 0.15) is 5.01 Å². The van der Waals surface area contributed by atoms with Gasteiger partial charge < -0.3 is 0 Å². The van der Waals surface area contributed by atoms with E-state index in [0.717, 1.165) is 16.1 Å². The minimum atomic E-state index is -0.228. The van der Waals surface area contributed by atoms with Crippen molar-refractivity contribution >= 4 is 40.6 Å². The molecule has 0 spiro atoms. The average molecular weight is 333 g/mol. The van der Waals surface area contributed by atoms with Crippen LogP contribution in [0.5, 0.6) is 0 Å². The molecule has 0 saturated carbocycles. The van der Waals surface area contributed by atoms with E-state index < -0.39 is 0 Å². The summed E-state index contributed by atoms with van der Waals surface area (Å²) in [7, 11) is 0. The third-order valence-electron chi connectivity index (χ3n) is 3.12. The van der Waals surface area contributed by atoms with Crippen LogP contribution in [0, 0.1) is 0 Å². The summed E-state index contributed by atoms with van der Waals surface area (Å²) in [6.07, 6.45) is 7.08. The van der Waals surface area contributed by atoms with E-state index in [9.17, 15) is 4.79 Å². The topological polar surface area (TPSA) is 54.9 Å². The Morgan fingerprint density at radius 1 is 0.833 bits per heavy atom. The van der Waals surface area contributed by atoms with E-state index >= 15 is 0 Å². The van der Waals surface area contributed by atoms with Crippen LogP contribution in [0.15, 0.2) is 66.7 Å². The van der Waals surface area contributed by atoms with Crippen molar-refractivity contribution in [3.63, 3.8) is 0 Å². The molecule has 0 saturated heterocycles. The molecule has 0 fully saturated rings. The van der Waals surface area contributed by atoms with Gasteiger partial charge in [0, 0.05) is 6.08 Å². The molecule has 0 aliphatic carbocycles. The highest BCUT2D eigenvalue weighted by Gasteiger charge is 2.04. The lowest BCUT2D eigenvalue weighted by molar-refractivity contribution is -0.111. The second kappa shape index (κ2) is 7.99. The van der Waals surface area contributed by atoms with Crippen molar-refractivity contribution in [3.8, 4) is 0 Å². The molecule has 0 unspecified atom stereocenters. The molecule has 3 aromatic rings. The molecular formula is C19H15N3OS. The van der Waals surface area contributed by atoms with Crippen molar-refractivity contribution in [2.24, 2.45) is 0 Å². The summed E-state index contributed by atoms with van der Waals surface area (Å²) in [5.74, 6) is -0.228. The molecule has 24 heavy (non-hydrogen) atoms. The Labute approximate surface area is 144 Å². The fraction of sp³-hybridized carbons (Fsp3) is 0. The predicted molar refractivity (Wildman–Crippen MR) is 99.4 cm³/mol. The first-order valence-electron chi connectivity index (χ1n) is 7.40. The molecule has 1 amide bonds. The van der Waals surface area contributed by atoms with Crippen LogP contribution >= 0.6 is 11.3 Å². The van der Waals surface area contributed by atoms with Gasteiger partial charge in [-0.2, -0.15) is 0 Å². The lowest BCUT2D eigenvalue weighted by Crippen LogP contribution is -2.07. The average Bonchev–Trinajstić information content (AvgIpc) is 3.07.